The first-order valence-electron chi connectivity index (χ1n) is 7.01. The van der Waals surface area contributed by atoms with E-state index in [1.165, 1.54) is 26.4 Å². The Labute approximate surface area is 132 Å². The number of hydrogen-bond acceptors (Lipinski definition) is 6. The first kappa shape index (κ1) is 15.0. The fourth-order valence-corrected chi connectivity index (χ4v) is 2.63. The lowest BCUT2D eigenvalue weighted by Gasteiger charge is -2.27. The average molecular weight is 316 g/mol. The van der Waals surface area contributed by atoms with Gasteiger partial charge in [-0.05, 0) is 12.1 Å². The number of phenolic OH excluding ortho intramolecular Hbond substituents is 2. The molecule has 2 N–H and O–H groups in total. The summed E-state index contributed by atoms with van der Waals surface area (Å²) in [5, 5.41) is 20.1. The molecule has 3 rings (SSSR count). The van der Waals surface area contributed by atoms with E-state index >= 15 is 0 Å². The number of methoxy groups -OCH3 is 2. The second-order valence-corrected chi connectivity index (χ2v) is 5.18. The van der Waals surface area contributed by atoms with Gasteiger partial charge in [0.25, 0.3) is 0 Å². The molecule has 0 radical (unpaired) electrons. The summed E-state index contributed by atoms with van der Waals surface area (Å²) < 4.78 is 15.9. The summed E-state index contributed by atoms with van der Waals surface area (Å²) in [4.78, 5) is 12.3. The van der Waals surface area contributed by atoms with Crippen LogP contribution >= 0.6 is 0 Å². The molecular formula is C17H16O6. The number of Topliss-reactive ketones (excluding diaryl/α,β-unsaturated/α-hetero) is 1. The minimum absolute atomic E-state index is 0.0160. The Balaban J connectivity index is 2.00. The third kappa shape index (κ3) is 2.63. The predicted octanol–water partition coefficient (Wildman–Crippen LogP) is 2.82. The van der Waals surface area contributed by atoms with Crippen molar-refractivity contribution >= 4 is 5.78 Å². The lowest BCUT2D eigenvalue weighted by molar-refractivity contribution is 0.0842. The molecule has 23 heavy (non-hydrogen) atoms. The van der Waals surface area contributed by atoms with E-state index in [4.69, 9.17) is 14.2 Å². The Morgan fingerprint density at radius 3 is 2.39 bits per heavy atom. The summed E-state index contributed by atoms with van der Waals surface area (Å²) in [6.07, 6.45) is -0.625. The van der Waals surface area contributed by atoms with Gasteiger partial charge in [-0.2, -0.15) is 0 Å². The van der Waals surface area contributed by atoms with Crippen molar-refractivity contribution in [2.45, 2.75) is 12.5 Å². The van der Waals surface area contributed by atoms with Crippen LogP contribution in [0.4, 0.5) is 0 Å². The van der Waals surface area contributed by atoms with Gasteiger partial charge >= 0.3 is 0 Å². The molecule has 0 unspecified atom stereocenters. The lowest BCUT2D eigenvalue weighted by Crippen LogP contribution is -2.20. The molecule has 1 heterocycles. The van der Waals surface area contributed by atoms with Crippen LogP contribution in [0.15, 0.2) is 30.3 Å². The zero-order valence-electron chi connectivity index (χ0n) is 12.7. The maximum atomic E-state index is 12.3. The van der Waals surface area contributed by atoms with Crippen LogP contribution in [0.3, 0.4) is 0 Å². The molecule has 0 aromatic heterocycles. The molecule has 1 aliphatic rings. The van der Waals surface area contributed by atoms with E-state index in [9.17, 15) is 15.0 Å². The second-order valence-electron chi connectivity index (χ2n) is 5.18. The maximum Gasteiger partial charge on any atom is 0.174 e. The van der Waals surface area contributed by atoms with Gasteiger partial charge in [-0.1, -0.05) is 0 Å². The van der Waals surface area contributed by atoms with Crippen molar-refractivity contribution in [2.75, 3.05) is 14.2 Å². The van der Waals surface area contributed by atoms with Gasteiger partial charge in [0, 0.05) is 23.8 Å². The zero-order chi connectivity index (χ0) is 16.6. The van der Waals surface area contributed by atoms with Crippen LogP contribution in [0, 0.1) is 0 Å². The second kappa shape index (κ2) is 5.72. The molecule has 2 aromatic rings. The van der Waals surface area contributed by atoms with E-state index in [2.05, 4.69) is 0 Å². The van der Waals surface area contributed by atoms with Gasteiger partial charge in [0.1, 0.15) is 40.4 Å². The van der Waals surface area contributed by atoms with Crippen molar-refractivity contribution < 1.29 is 29.2 Å². The van der Waals surface area contributed by atoms with Crippen LogP contribution < -0.4 is 14.2 Å². The van der Waals surface area contributed by atoms with Crippen LogP contribution in [0.1, 0.15) is 28.4 Å². The third-order valence-electron chi connectivity index (χ3n) is 3.79. The molecule has 0 fully saturated rings. The molecule has 0 saturated carbocycles. The van der Waals surface area contributed by atoms with E-state index in [0.29, 0.717) is 17.1 Å². The summed E-state index contributed by atoms with van der Waals surface area (Å²) in [6.45, 7) is 0. The lowest BCUT2D eigenvalue weighted by atomic mass is 9.95. The predicted molar refractivity (Wildman–Crippen MR) is 81.6 cm³/mol. The number of fused-ring (bicyclic) bond motifs is 1. The number of hydrogen-bond donors (Lipinski definition) is 2. The van der Waals surface area contributed by atoms with Gasteiger partial charge in [0.15, 0.2) is 5.78 Å². The number of rotatable bonds is 3. The fourth-order valence-electron chi connectivity index (χ4n) is 2.63. The smallest absolute Gasteiger partial charge is 0.174 e. The van der Waals surface area contributed by atoms with E-state index < -0.39 is 6.10 Å². The Bertz CT molecular complexity index is 768. The van der Waals surface area contributed by atoms with Crippen molar-refractivity contribution in [1.82, 2.24) is 0 Å². The summed E-state index contributed by atoms with van der Waals surface area (Å²) in [6, 6.07) is 7.70. The van der Waals surface area contributed by atoms with E-state index in [1.54, 1.807) is 18.2 Å². The minimum Gasteiger partial charge on any atom is -0.507 e. The van der Waals surface area contributed by atoms with Gasteiger partial charge in [0.2, 0.25) is 0 Å². The monoisotopic (exact) mass is 316 g/mol. The molecule has 0 bridgehead atoms. The largest absolute Gasteiger partial charge is 0.507 e. The van der Waals surface area contributed by atoms with Gasteiger partial charge in [-0.15, -0.1) is 0 Å². The summed E-state index contributed by atoms with van der Waals surface area (Å²) in [5.41, 5.74) is 0.613. The first-order chi connectivity index (χ1) is 11.0. The Hall–Kier alpha value is -2.89. The molecule has 6 nitrogen and oxygen atoms in total. The highest BCUT2D eigenvalue weighted by Crippen LogP contribution is 2.43. The number of aromatic hydroxyl groups is 2. The summed E-state index contributed by atoms with van der Waals surface area (Å²) in [7, 11) is 2.96. The van der Waals surface area contributed by atoms with Crippen molar-refractivity contribution in [2.24, 2.45) is 0 Å². The van der Waals surface area contributed by atoms with Crippen LogP contribution in [0.2, 0.25) is 0 Å². The molecule has 0 aliphatic carbocycles. The number of carbonyl (C=O) groups is 1. The molecule has 120 valence electrons. The quantitative estimate of drug-likeness (QED) is 0.905. The SMILES string of the molecule is COc1ccc([C@H]2CC(=O)c3c(O)cc(OC)cc3O2)c(O)c1. The fraction of sp³-hybridized carbons (Fsp3) is 0.235. The van der Waals surface area contributed by atoms with E-state index in [-0.39, 0.29) is 35.0 Å². The topological polar surface area (TPSA) is 85.2 Å². The van der Waals surface area contributed by atoms with Gasteiger partial charge in [0.05, 0.1) is 20.6 Å². The highest BCUT2D eigenvalue weighted by atomic mass is 16.5. The molecule has 1 atom stereocenters. The molecule has 6 heteroatoms. The highest BCUT2D eigenvalue weighted by Gasteiger charge is 2.32. The van der Waals surface area contributed by atoms with E-state index in [1.807, 2.05) is 0 Å². The third-order valence-corrected chi connectivity index (χ3v) is 3.79. The Kier molecular flexibility index (Phi) is 3.73. The number of phenols is 2. The number of carbonyl (C=O) groups excluding carboxylic acids is 1. The van der Waals surface area contributed by atoms with Gasteiger partial charge in [-0.3, -0.25) is 4.79 Å². The van der Waals surface area contributed by atoms with Crippen molar-refractivity contribution in [3.05, 3.63) is 41.5 Å². The van der Waals surface area contributed by atoms with Crippen LogP contribution in [0.5, 0.6) is 28.7 Å². The number of ether oxygens (including phenoxy) is 3. The Morgan fingerprint density at radius 2 is 1.74 bits per heavy atom. The minimum atomic E-state index is -0.646. The van der Waals surface area contributed by atoms with Gasteiger partial charge in [-0.25, -0.2) is 0 Å². The Morgan fingerprint density at radius 1 is 1.04 bits per heavy atom. The maximum absolute atomic E-state index is 12.3. The number of ketones is 1. The van der Waals surface area contributed by atoms with E-state index in [0.717, 1.165) is 0 Å². The van der Waals surface area contributed by atoms with Crippen LogP contribution in [-0.4, -0.2) is 30.2 Å². The molecule has 0 amide bonds. The van der Waals surface area contributed by atoms with Crippen molar-refractivity contribution in [1.29, 1.82) is 0 Å². The van der Waals surface area contributed by atoms with Crippen LogP contribution in [0.25, 0.3) is 0 Å². The highest BCUT2D eigenvalue weighted by molar-refractivity contribution is 6.02. The average Bonchev–Trinajstić information content (AvgIpc) is 2.53. The van der Waals surface area contributed by atoms with Crippen molar-refractivity contribution in [3.63, 3.8) is 0 Å². The van der Waals surface area contributed by atoms with Crippen LogP contribution in [-0.2, 0) is 0 Å². The first-order valence-corrected chi connectivity index (χ1v) is 7.01. The molecule has 0 spiro atoms. The molecule has 0 saturated heterocycles. The summed E-state index contributed by atoms with van der Waals surface area (Å²) >= 11 is 0. The standard InChI is InChI=1S/C17H16O6/c1-21-9-3-4-11(12(18)5-9)15-8-14(20)17-13(19)6-10(22-2)7-16(17)23-15/h3-7,15,18-19H,8H2,1-2H3/t15-/m1/s1. The summed E-state index contributed by atoms with van der Waals surface area (Å²) in [5.74, 6) is 0.672. The van der Waals surface area contributed by atoms with Gasteiger partial charge < -0.3 is 24.4 Å². The number of benzene rings is 2. The zero-order valence-corrected chi connectivity index (χ0v) is 12.7. The molecular weight excluding hydrogens is 300 g/mol. The normalized spacial score (nSPS) is 16.4. The van der Waals surface area contributed by atoms with Crippen molar-refractivity contribution in [3.8, 4) is 28.7 Å². The molecule has 2 aromatic carbocycles. The molecule has 1 aliphatic heterocycles.